The van der Waals surface area contributed by atoms with E-state index in [-0.39, 0.29) is 12.0 Å². The zero-order chi connectivity index (χ0) is 24.7. The third kappa shape index (κ3) is 12.9. The van der Waals surface area contributed by atoms with Crippen LogP contribution in [0, 0.1) is 5.41 Å². The van der Waals surface area contributed by atoms with Crippen molar-refractivity contribution in [3.8, 4) is 0 Å². The van der Waals surface area contributed by atoms with Gasteiger partial charge in [0.1, 0.15) is 6.61 Å². The maximum absolute atomic E-state index is 10.9. The molecule has 1 rings (SSSR count). The van der Waals surface area contributed by atoms with Crippen molar-refractivity contribution in [2.24, 2.45) is 10.6 Å². The van der Waals surface area contributed by atoms with Gasteiger partial charge >= 0.3 is 7.82 Å². The molecular formula is C25H40NO6P. The number of allylic oxidation sites excluding steroid dienone is 10. The van der Waals surface area contributed by atoms with Crippen LogP contribution in [0.5, 0.6) is 0 Å². The smallest absolute Gasteiger partial charge is 0.396 e. The molecule has 8 heteroatoms. The molecule has 0 aromatic heterocycles. The van der Waals surface area contributed by atoms with Crippen LogP contribution in [-0.4, -0.2) is 29.6 Å². The molecule has 1 aliphatic carbocycles. The summed E-state index contributed by atoms with van der Waals surface area (Å²) >= 11 is 0. The number of nitrogens with zero attached hydrogens (tertiary/aromatic N) is 1. The first-order valence-corrected chi connectivity index (χ1v) is 12.9. The molecule has 0 fully saturated rings. The molecule has 1 unspecified atom stereocenters. The van der Waals surface area contributed by atoms with E-state index in [1.165, 1.54) is 36.0 Å². The van der Waals surface area contributed by atoms with E-state index in [2.05, 4.69) is 60.3 Å². The lowest BCUT2D eigenvalue weighted by molar-refractivity contribution is -0.162. The number of oxime groups is 1. The molecule has 0 radical (unpaired) electrons. The molecule has 0 amide bonds. The summed E-state index contributed by atoms with van der Waals surface area (Å²) in [6.07, 6.45) is 19.8. The number of unbranched alkanes of at least 4 members (excludes halogenated alkanes) is 2. The van der Waals surface area contributed by atoms with Gasteiger partial charge in [0.15, 0.2) is 0 Å². The minimum Gasteiger partial charge on any atom is -0.396 e. The van der Waals surface area contributed by atoms with Crippen molar-refractivity contribution in [3.05, 3.63) is 58.7 Å². The van der Waals surface area contributed by atoms with Crippen molar-refractivity contribution in [3.63, 3.8) is 0 Å². The zero-order valence-corrected chi connectivity index (χ0v) is 21.5. The van der Waals surface area contributed by atoms with E-state index in [0.717, 1.165) is 18.4 Å². The highest BCUT2D eigenvalue weighted by Gasteiger charge is 2.26. The topological polar surface area (TPSA) is 97.6 Å². The lowest BCUT2D eigenvalue weighted by Crippen LogP contribution is -2.19. The Kier molecular flexibility index (Phi) is 13.5. The van der Waals surface area contributed by atoms with Crippen LogP contribution in [0.15, 0.2) is 63.9 Å². The Hall–Kier alpha value is -1.76. The molecule has 2 N–H and O–H groups in total. The maximum atomic E-state index is 10.9. The van der Waals surface area contributed by atoms with Gasteiger partial charge in [-0.15, -0.1) is 4.67 Å². The van der Waals surface area contributed by atoms with Gasteiger partial charge in [0.05, 0.1) is 12.8 Å². The van der Waals surface area contributed by atoms with E-state index in [4.69, 9.17) is 15.0 Å². The van der Waals surface area contributed by atoms with Gasteiger partial charge in [0.2, 0.25) is 0 Å². The van der Waals surface area contributed by atoms with Gasteiger partial charge in [-0.2, -0.15) is 0 Å². The molecule has 0 saturated heterocycles. The Morgan fingerprint density at radius 2 is 1.82 bits per heavy atom. The molecule has 186 valence electrons. The fourth-order valence-electron chi connectivity index (χ4n) is 3.58. The van der Waals surface area contributed by atoms with Crippen LogP contribution in [0.4, 0.5) is 0 Å². The summed E-state index contributed by atoms with van der Waals surface area (Å²) in [5, 5.41) is 12.0. The molecule has 0 saturated carbocycles. The molecule has 7 nitrogen and oxygen atoms in total. The number of rotatable bonds is 14. The number of hydrogen-bond donors (Lipinski definition) is 2. The van der Waals surface area contributed by atoms with E-state index < -0.39 is 7.82 Å². The van der Waals surface area contributed by atoms with Gasteiger partial charge in [0, 0.05) is 0 Å². The van der Waals surface area contributed by atoms with Gasteiger partial charge in [-0.05, 0) is 81.9 Å². The van der Waals surface area contributed by atoms with Crippen LogP contribution >= 0.6 is 7.82 Å². The first-order chi connectivity index (χ1) is 15.6. The summed E-state index contributed by atoms with van der Waals surface area (Å²) in [6.45, 7) is 11.5. The van der Waals surface area contributed by atoms with E-state index in [1.807, 2.05) is 25.2 Å². The zero-order valence-electron chi connectivity index (χ0n) is 20.6. The first kappa shape index (κ1) is 29.3. The minimum absolute atomic E-state index is 0.0189. The fourth-order valence-corrected chi connectivity index (χ4v) is 3.99. The highest BCUT2D eigenvalue weighted by Crippen LogP contribution is 2.42. The second-order valence-corrected chi connectivity index (χ2v) is 10.3. The van der Waals surface area contributed by atoms with Crippen LogP contribution < -0.4 is 0 Å². The number of hydrogen-bond acceptors (Lipinski definition) is 6. The molecule has 33 heavy (non-hydrogen) atoms. The Morgan fingerprint density at radius 1 is 1.12 bits per heavy atom. The molecular weight excluding hydrogens is 441 g/mol. The molecule has 0 aliphatic heterocycles. The van der Waals surface area contributed by atoms with Crippen LogP contribution in [0.3, 0.4) is 0 Å². The average Bonchev–Trinajstić information content (AvgIpc) is 2.74. The highest BCUT2D eigenvalue weighted by atomic mass is 31.2. The normalized spacial score (nSPS) is 19.7. The van der Waals surface area contributed by atoms with Gasteiger partial charge in [-0.25, -0.2) is 9.82 Å². The Balaban J connectivity index is 2.32. The second-order valence-electron chi connectivity index (χ2n) is 8.98. The number of phosphoric acid groups is 1. The molecule has 0 bridgehead atoms. The summed E-state index contributed by atoms with van der Waals surface area (Å²) in [5.41, 5.74) is 5.49. The summed E-state index contributed by atoms with van der Waals surface area (Å²) < 4.78 is 18.7. The van der Waals surface area contributed by atoms with Gasteiger partial charge in [0.25, 0.3) is 0 Å². The Labute approximate surface area is 198 Å². The van der Waals surface area contributed by atoms with Crippen molar-refractivity contribution in [1.29, 1.82) is 0 Å². The lowest BCUT2D eigenvalue weighted by atomic mass is 9.72. The fraction of sp³-hybridized carbons (Fsp3) is 0.560. The predicted octanol–water partition coefficient (Wildman–Crippen LogP) is 7.30. The van der Waals surface area contributed by atoms with E-state index in [1.54, 1.807) is 6.21 Å². The molecule has 1 atom stereocenters. The predicted molar refractivity (Wildman–Crippen MR) is 134 cm³/mol. The van der Waals surface area contributed by atoms with Gasteiger partial charge < -0.3 is 9.73 Å². The van der Waals surface area contributed by atoms with Crippen molar-refractivity contribution < 1.29 is 28.8 Å². The summed E-state index contributed by atoms with van der Waals surface area (Å²) in [5.74, 6) is 0. The largest absolute Gasteiger partial charge is 0.499 e. The van der Waals surface area contributed by atoms with Gasteiger partial charge in [-0.3, -0.25) is 4.52 Å². The maximum Gasteiger partial charge on any atom is 0.499 e. The van der Waals surface area contributed by atoms with Crippen LogP contribution in [0.1, 0.15) is 73.1 Å². The molecule has 0 aromatic rings. The van der Waals surface area contributed by atoms with Crippen molar-refractivity contribution in [1.82, 2.24) is 0 Å². The SMILES string of the molecule is CC1=C(/C=C/C(C)=C/C=C/C(C)=C/C=NOCCCCCOP(=O)(O)OO)C(C)(C)CCC1. The lowest BCUT2D eigenvalue weighted by Gasteiger charge is -2.32. The number of phosphoric ester groups is 1. The van der Waals surface area contributed by atoms with E-state index in [0.29, 0.717) is 13.0 Å². The highest BCUT2D eigenvalue weighted by molar-refractivity contribution is 7.47. The van der Waals surface area contributed by atoms with E-state index in [9.17, 15) is 4.57 Å². The minimum atomic E-state index is -4.30. The molecule has 0 heterocycles. The molecule has 0 aromatic carbocycles. The van der Waals surface area contributed by atoms with Gasteiger partial charge in [-0.1, -0.05) is 60.5 Å². The van der Waals surface area contributed by atoms with Crippen molar-refractivity contribution >= 4 is 14.0 Å². The molecule has 1 aliphatic rings. The van der Waals surface area contributed by atoms with Crippen LogP contribution in [0.25, 0.3) is 0 Å². The monoisotopic (exact) mass is 481 g/mol. The van der Waals surface area contributed by atoms with Crippen molar-refractivity contribution in [2.45, 2.75) is 73.1 Å². The first-order valence-electron chi connectivity index (χ1n) is 11.4. The quantitative estimate of drug-likeness (QED) is 0.0675. The average molecular weight is 482 g/mol. The Bertz CT molecular complexity index is 836. The van der Waals surface area contributed by atoms with Crippen LogP contribution in [0.2, 0.25) is 0 Å². The van der Waals surface area contributed by atoms with Crippen molar-refractivity contribution in [2.75, 3.05) is 13.2 Å². The molecule has 0 spiro atoms. The Morgan fingerprint density at radius 3 is 2.52 bits per heavy atom. The summed E-state index contributed by atoms with van der Waals surface area (Å²) in [4.78, 5) is 14.0. The summed E-state index contributed by atoms with van der Waals surface area (Å²) in [7, 11) is -4.30. The standard InChI is InChI=1S/C25H40NO6P/c1-21(14-15-24-23(3)13-10-17-25(24,4)5)11-9-12-22(2)16-18-26-30-19-7-6-8-20-31-33(28,29)32-27/h9,11-12,14-16,18,27H,6-8,10,13,17,19-20H2,1-5H3,(H,28,29)/b12-9+,15-14+,21-11+,22-16+,26-18?. The third-order valence-corrected chi connectivity index (χ3v) is 6.20. The third-order valence-electron chi connectivity index (χ3n) is 5.48. The second kappa shape index (κ2) is 15.2. The summed E-state index contributed by atoms with van der Waals surface area (Å²) in [6, 6.07) is 0. The van der Waals surface area contributed by atoms with Crippen LogP contribution in [-0.2, 0) is 18.6 Å². The van der Waals surface area contributed by atoms with E-state index >= 15 is 0 Å².